The third-order valence-electron chi connectivity index (χ3n) is 2.99. The van der Waals surface area contributed by atoms with Crippen molar-refractivity contribution in [3.05, 3.63) is 20.8 Å². The summed E-state index contributed by atoms with van der Waals surface area (Å²) in [5.41, 5.74) is -0.420. The number of nitrogens with one attached hydrogen (secondary N) is 2. The summed E-state index contributed by atoms with van der Waals surface area (Å²) in [6, 6.07) is 0. The first kappa shape index (κ1) is 14.3. The molecule has 0 amide bonds. The van der Waals surface area contributed by atoms with Gasteiger partial charge in [-0.2, -0.15) is 4.98 Å². The molecular formula is C12H19N5O3. The number of anilines is 1. The van der Waals surface area contributed by atoms with Crippen molar-refractivity contribution in [2.45, 2.75) is 32.9 Å². The van der Waals surface area contributed by atoms with Gasteiger partial charge in [0.15, 0.2) is 11.2 Å². The molecule has 0 fully saturated rings. The van der Waals surface area contributed by atoms with Crippen LogP contribution < -0.4 is 16.6 Å². The number of aliphatic hydroxyl groups is 1. The van der Waals surface area contributed by atoms with Gasteiger partial charge in [-0.1, -0.05) is 6.92 Å². The molecule has 0 radical (unpaired) electrons. The maximum Gasteiger partial charge on any atom is 0.329 e. The van der Waals surface area contributed by atoms with Crippen molar-refractivity contribution < 1.29 is 5.11 Å². The van der Waals surface area contributed by atoms with Crippen molar-refractivity contribution in [1.29, 1.82) is 0 Å². The average Bonchev–Trinajstić information content (AvgIpc) is 2.72. The smallest absolute Gasteiger partial charge is 0.329 e. The number of aromatic nitrogens is 4. The normalized spacial score (nSPS) is 12.8. The van der Waals surface area contributed by atoms with Crippen molar-refractivity contribution in [1.82, 2.24) is 19.1 Å². The van der Waals surface area contributed by atoms with Gasteiger partial charge >= 0.3 is 5.69 Å². The van der Waals surface area contributed by atoms with Crippen LogP contribution in [0.4, 0.5) is 5.95 Å². The van der Waals surface area contributed by atoms with Crippen LogP contribution in [0.15, 0.2) is 9.59 Å². The maximum atomic E-state index is 12.0. The zero-order valence-corrected chi connectivity index (χ0v) is 11.8. The van der Waals surface area contributed by atoms with Crippen LogP contribution in [-0.2, 0) is 13.6 Å². The number of aromatic amines is 1. The van der Waals surface area contributed by atoms with Crippen LogP contribution in [0.2, 0.25) is 0 Å². The van der Waals surface area contributed by atoms with Gasteiger partial charge in [0.2, 0.25) is 5.95 Å². The van der Waals surface area contributed by atoms with Crippen LogP contribution in [-0.4, -0.2) is 36.9 Å². The zero-order valence-electron chi connectivity index (χ0n) is 11.8. The second-order valence-electron chi connectivity index (χ2n) is 4.81. The molecule has 0 unspecified atom stereocenters. The standard InChI is InChI=1S/C12H19N5O3/c1-4-5-13-11-14-9-8(17(11)6-7(2)18)10(19)15-12(20)16(9)3/h7,18H,4-6H2,1-3H3,(H,13,14)(H,15,19,20)/t7-/m1/s1. The van der Waals surface area contributed by atoms with Gasteiger partial charge in [-0.15, -0.1) is 0 Å². The summed E-state index contributed by atoms with van der Waals surface area (Å²) >= 11 is 0. The summed E-state index contributed by atoms with van der Waals surface area (Å²) in [4.78, 5) is 30.2. The molecular weight excluding hydrogens is 262 g/mol. The van der Waals surface area contributed by atoms with Gasteiger partial charge in [0.1, 0.15) is 0 Å². The topological polar surface area (TPSA) is 105 Å². The molecule has 2 heterocycles. The highest BCUT2D eigenvalue weighted by Crippen LogP contribution is 2.15. The van der Waals surface area contributed by atoms with Crippen molar-refractivity contribution in [3.63, 3.8) is 0 Å². The highest BCUT2D eigenvalue weighted by atomic mass is 16.3. The summed E-state index contributed by atoms with van der Waals surface area (Å²) in [6.07, 6.45) is 0.263. The van der Waals surface area contributed by atoms with E-state index in [4.69, 9.17) is 0 Å². The molecule has 8 heteroatoms. The number of aryl methyl sites for hydroxylation is 1. The molecule has 2 aromatic rings. The number of nitrogens with zero attached hydrogens (tertiary/aromatic N) is 3. The number of rotatable bonds is 5. The first-order chi connectivity index (χ1) is 9.45. The molecule has 0 spiro atoms. The summed E-state index contributed by atoms with van der Waals surface area (Å²) in [6.45, 7) is 4.56. The van der Waals surface area contributed by atoms with E-state index in [1.54, 1.807) is 18.5 Å². The highest BCUT2D eigenvalue weighted by Gasteiger charge is 2.17. The summed E-state index contributed by atoms with van der Waals surface area (Å²) < 4.78 is 2.89. The van der Waals surface area contributed by atoms with Crippen LogP contribution in [0.1, 0.15) is 20.3 Å². The van der Waals surface area contributed by atoms with E-state index >= 15 is 0 Å². The van der Waals surface area contributed by atoms with Crippen molar-refractivity contribution in [2.75, 3.05) is 11.9 Å². The van der Waals surface area contributed by atoms with Crippen LogP contribution in [0.5, 0.6) is 0 Å². The Morgan fingerprint density at radius 2 is 2.15 bits per heavy atom. The number of imidazole rings is 1. The van der Waals surface area contributed by atoms with Crippen LogP contribution >= 0.6 is 0 Å². The molecule has 20 heavy (non-hydrogen) atoms. The third-order valence-corrected chi connectivity index (χ3v) is 2.99. The Hall–Kier alpha value is -2.09. The Morgan fingerprint density at radius 3 is 2.75 bits per heavy atom. The van der Waals surface area contributed by atoms with E-state index in [1.165, 1.54) is 4.57 Å². The lowest BCUT2D eigenvalue weighted by atomic mass is 10.4. The molecule has 0 aliphatic rings. The van der Waals surface area contributed by atoms with E-state index in [0.29, 0.717) is 18.1 Å². The Kier molecular flexibility index (Phi) is 3.93. The number of hydrogen-bond donors (Lipinski definition) is 3. The highest BCUT2D eigenvalue weighted by molar-refractivity contribution is 5.74. The molecule has 1 atom stereocenters. The lowest BCUT2D eigenvalue weighted by Crippen LogP contribution is -2.29. The second kappa shape index (κ2) is 5.49. The minimum Gasteiger partial charge on any atom is -0.392 e. The maximum absolute atomic E-state index is 12.0. The van der Waals surface area contributed by atoms with Crippen molar-refractivity contribution in [2.24, 2.45) is 7.05 Å². The Morgan fingerprint density at radius 1 is 1.45 bits per heavy atom. The molecule has 0 aromatic carbocycles. The molecule has 0 saturated heterocycles. The van der Waals surface area contributed by atoms with Gasteiger partial charge in [0.25, 0.3) is 5.56 Å². The van der Waals surface area contributed by atoms with E-state index in [-0.39, 0.29) is 12.1 Å². The average molecular weight is 281 g/mol. The fourth-order valence-electron chi connectivity index (χ4n) is 2.05. The molecule has 0 aliphatic heterocycles. The van der Waals surface area contributed by atoms with Crippen LogP contribution in [0.3, 0.4) is 0 Å². The molecule has 8 nitrogen and oxygen atoms in total. The summed E-state index contributed by atoms with van der Waals surface area (Å²) in [7, 11) is 1.55. The van der Waals surface area contributed by atoms with Crippen molar-refractivity contribution in [3.8, 4) is 0 Å². The van der Waals surface area contributed by atoms with Crippen LogP contribution in [0, 0.1) is 0 Å². The SMILES string of the molecule is CCCNc1nc2c(c(=O)[nH]c(=O)n2C)n1C[C@@H](C)O. The van der Waals surface area contributed by atoms with Gasteiger partial charge in [0.05, 0.1) is 12.6 Å². The quantitative estimate of drug-likeness (QED) is 0.693. The summed E-state index contributed by atoms with van der Waals surface area (Å²) in [5, 5.41) is 12.7. The number of aliphatic hydroxyl groups excluding tert-OH is 1. The Balaban J connectivity index is 2.72. The lowest BCUT2D eigenvalue weighted by molar-refractivity contribution is 0.175. The largest absolute Gasteiger partial charge is 0.392 e. The van der Waals surface area contributed by atoms with Gasteiger partial charge in [0, 0.05) is 13.6 Å². The van der Waals surface area contributed by atoms with Gasteiger partial charge < -0.3 is 15.0 Å². The molecule has 3 N–H and O–H groups in total. The predicted molar refractivity (Wildman–Crippen MR) is 76.1 cm³/mol. The first-order valence-electron chi connectivity index (χ1n) is 6.57. The van der Waals surface area contributed by atoms with Gasteiger partial charge in [-0.05, 0) is 13.3 Å². The lowest BCUT2D eigenvalue weighted by Gasteiger charge is -2.11. The van der Waals surface area contributed by atoms with Crippen molar-refractivity contribution >= 4 is 17.1 Å². The zero-order chi connectivity index (χ0) is 14.9. The Bertz CT molecular complexity index is 725. The number of hydrogen-bond acceptors (Lipinski definition) is 5. The number of H-pyrrole nitrogens is 1. The van der Waals surface area contributed by atoms with E-state index in [2.05, 4.69) is 15.3 Å². The van der Waals surface area contributed by atoms with E-state index < -0.39 is 17.4 Å². The van der Waals surface area contributed by atoms with E-state index in [9.17, 15) is 14.7 Å². The van der Waals surface area contributed by atoms with Gasteiger partial charge in [-0.25, -0.2) is 4.79 Å². The molecule has 2 aromatic heterocycles. The van der Waals surface area contributed by atoms with Crippen LogP contribution in [0.25, 0.3) is 11.2 Å². The van der Waals surface area contributed by atoms with E-state index in [1.807, 2.05) is 6.92 Å². The third kappa shape index (κ3) is 2.46. The molecule has 0 bridgehead atoms. The molecule has 0 aliphatic carbocycles. The molecule has 2 rings (SSSR count). The fourth-order valence-corrected chi connectivity index (χ4v) is 2.05. The Labute approximate surface area is 115 Å². The fraction of sp³-hybridized carbons (Fsp3) is 0.583. The number of fused-ring (bicyclic) bond motifs is 1. The van der Waals surface area contributed by atoms with Gasteiger partial charge in [-0.3, -0.25) is 14.3 Å². The molecule has 0 saturated carbocycles. The second-order valence-corrected chi connectivity index (χ2v) is 4.81. The molecule has 110 valence electrons. The summed E-state index contributed by atoms with van der Waals surface area (Å²) in [5.74, 6) is 0.481. The minimum absolute atomic E-state index is 0.226. The van der Waals surface area contributed by atoms with E-state index in [0.717, 1.165) is 6.42 Å². The predicted octanol–water partition coefficient (Wildman–Crippen LogP) is -0.374. The monoisotopic (exact) mass is 281 g/mol. The first-order valence-corrected chi connectivity index (χ1v) is 6.57. The minimum atomic E-state index is -0.633.